The van der Waals surface area contributed by atoms with Crippen molar-refractivity contribution in [3.05, 3.63) is 101 Å². The summed E-state index contributed by atoms with van der Waals surface area (Å²) in [6.45, 7) is 2.31. The van der Waals surface area contributed by atoms with E-state index in [0.717, 1.165) is 22.3 Å². The van der Waals surface area contributed by atoms with Gasteiger partial charge in [-0.25, -0.2) is 9.82 Å². The van der Waals surface area contributed by atoms with Crippen LogP contribution < -0.4 is 10.2 Å². The maximum Gasteiger partial charge on any atom is 0.244 e. The van der Waals surface area contributed by atoms with Gasteiger partial charge >= 0.3 is 0 Å². The van der Waals surface area contributed by atoms with Gasteiger partial charge in [-0.2, -0.15) is 5.10 Å². The lowest BCUT2D eigenvalue weighted by molar-refractivity contribution is -0.120. The van der Waals surface area contributed by atoms with E-state index in [1.807, 2.05) is 55.5 Å². The Hall–Kier alpha value is -3.47. The van der Waals surface area contributed by atoms with Crippen LogP contribution in [0.4, 0.5) is 4.39 Å². The normalized spacial score (nSPS) is 10.8. The molecule has 0 bridgehead atoms. The highest BCUT2D eigenvalue weighted by molar-refractivity contribution is 5.85. The molecule has 0 heterocycles. The second-order valence-corrected chi connectivity index (χ2v) is 6.41. The van der Waals surface area contributed by atoms with E-state index in [1.54, 1.807) is 18.3 Å². The van der Waals surface area contributed by atoms with Gasteiger partial charge in [0.25, 0.3) is 0 Å². The molecule has 0 unspecified atom stereocenters. The van der Waals surface area contributed by atoms with E-state index < -0.39 is 0 Å². The molecule has 0 aliphatic carbocycles. The number of para-hydroxylation sites is 1. The Balaban J connectivity index is 1.56. The number of rotatable bonds is 7. The Kier molecular flexibility index (Phi) is 6.52. The standard InChI is InChI=1S/C23H21FN2O2/c1-17-6-8-18(9-7-17)14-23(27)26-25-15-20-4-2-3-5-22(20)28-16-19-10-12-21(24)13-11-19/h2-13,15H,14,16H2,1H3,(H,26,27)/b25-15-. The SMILES string of the molecule is Cc1ccc(CC(=O)N/N=C\c2ccccc2OCc2ccc(F)cc2)cc1. The summed E-state index contributed by atoms with van der Waals surface area (Å²) in [6, 6.07) is 21.3. The predicted octanol–water partition coefficient (Wildman–Crippen LogP) is 4.41. The Morgan fingerprint density at radius 2 is 1.68 bits per heavy atom. The summed E-state index contributed by atoms with van der Waals surface area (Å²) in [5, 5.41) is 4.03. The number of nitrogens with one attached hydrogen (secondary N) is 1. The number of carbonyl (C=O) groups excluding carboxylic acids is 1. The van der Waals surface area contributed by atoms with Crippen molar-refractivity contribution in [3.63, 3.8) is 0 Å². The number of hydrogen-bond donors (Lipinski definition) is 1. The Bertz CT molecular complexity index is 951. The molecule has 3 rings (SSSR count). The summed E-state index contributed by atoms with van der Waals surface area (Å²) in [5.41, 5.74) is 6.22. The number of benzene rings is 3. The van der Waals surface area contributed by atoms with Crippen LogP contribution in [0.15, 0.2) is 77.9 Å². The summed E-state index contributed by atoms with van der Waals surface area (Å²) in [4.78, 5) is 12.0. The molecule has 142 valence electrons. The van der Waals surface area contributed by atoms with Crippen LogP contribution in [0, 0.1) is 12.7 Å². The number of carbonyl (C=O) groups is 1. The Labute approximate surface area is 163 Å². The first-order valence-electron chi connectivity index (χ1n) is 8.94. The van der Waals surface area contributed by atoms with E-state index in [4.69, 9.17) is 4.74 Å². The number of hydrogen-bond acceptors (Lipinski definition) is 3. The van der Waals surface area contributed by atoms with Crippen molar-refractivity contribution in [1.29, 1.82) is 0 Å². The molecule has 0 fully saturated rings. The zero-order valence-corrected chi connectivity index (χ0v) is 15.6. The topological polar surface area (TPSA) is 50.7 Å². The average Bonchev–Trinajstić information content (AvgIpc) is 2.70. The van der Waals surface area contributed by atoms with Crippen molar-refractivity contribution < 1.29 is 13.9 Å². The third-order valence-electron chi connectivity index (χ3n) is 4.10. The number of aryl methyl sites for hydroxylation is 1. The second kappa shape index (κ2) is 9.46. The molecule has 0 radical (unpaired) electrons. The maximum atomic E-state index is 13.0. The predicted molar refractivity (Wildman–Crippen MR) is 108 cm³/mol. The van der Waals surface area contributed by atoms with Crippen LogP contribution in [0.5, 0.6) is 5.75 Å². The summed E-state index contributed by atoms with van der Waals surface area (Å²) in [5.74, 6) is 0.158. The lowest BCUT2D eigenvalue weighted by atomic mass is 10.1. The summed E-state index contributed by atoms with van der Waals surface area (Å²) >= 11 is 0. The van der Waals surface area contributed by atoms with Gasteiger partial charge in [0, 0.05) is 5.56 Å². The monoisotopic (exact) mass is 376 g/mol. The molecule has 0 aromatic heterocycles. The zero-order chi connectivity index (χ0) is 19.8. The van der Waals surface area contributed by atoms with Gasteiger partial charge in [0.1, 0.15) is 18.2 Å². The highest BCUT2D eigenvalue weighted by atomic mass is 19.1. The van der Waals surface area contributed by atoms with E-state index in [-0.39, 0.29) is 18.1 Å². The van der Waals surface area contributed by atoms with E-state index in [1.165, 1.54) is 12.1 Å². The molecule has 0 aliphatic heterocycles. The van der Waals surface area contributed by atoms with Crippen molar-refractivity contribution >= 4 is 12.1 Å². The van der Waals surface area contributed by atoms with Gasteiger partial charge < -0.3 is 4.74 Å². The molecule has 5 heteroatoms. The van der Waals surface area contributed by atoms with Gasteiger partial charge in [-0.15, -0.1) is 0 Å². The van der Waals surface area contributed by atoms with Gasteiger partial charge in [-0.1, -0.05) is 54.1 Å². The Morgan fingerprint density at radius 3 is 2.43 bits per heavy atom. The van der Waals surface area contributed by atoms with Crippen molar-refractivity contribution in [3.8, 4) is 5.75 Å². The lowest BCUT2D eigenvalue weighted by Gasteiger charge is -2.09. The summed E-state index contributed by atoms with van der Waals surface area (Å²) in [7, 11) is 0. The molecule has 4 nitrogen and oxygen atoms in total. The molecule has 0 atom stereocenters. The molecule has 1 N–H and O–H groups in total. The lowest BCUT2D eigenvalue weighted by Crippen LogP contribution is -2.19. The smallest absolute Gasteiger partial charge is 0.244 e. The zero-order valence-electron chi connectivity index (χ0n) is 15.6. The van der Waals surface area contributed by atoms with Gasteiger partial charge in [0.2, 0.25) is 5.91 Å². The van der Waals surface area contributed by atoms with Crippen LogP contribution >= 0.6 is 0 Å². The van der Waals surface area contributed by atoms with E-state index in [9.17, 15) is 9.18 Å². The summed E-state index contributed by atoms with van der Waals surface area (Å²) < 4.78 is 18.8. The van der Waals surface area contributed by atoms with Crippen LogP contribution in [0.1, 0.15) is 22.3 Å². The van der Waals surface area contributed by atoms with E-state index >= 15 is 0 Å². The number of amides is 1. The van der Waals surface area contributed by atoms with Crippen LogP contribution in [0.25, 0.3) is 0 Å². The molecule has 3 aromatic carbocycles. The molecule has 28 heavy (non-hydrogen) atoms. The minimum Gasteiger partial charge on any atom is -0.488 e. The first-order valence-corrected chi connectivity index (χ1v) is 8.94. The van der Waals surface area contributed by atoms with Crippen molar-refractivity contribution in [2.45, 2.75) is 20.0 Å². The first-order chi connectivity index (χ1) is 13.6. The van der Waals surface area contributed by atoms with Crippen molar-refractivity contribution in [2.24, 2.45) is 5.10 Å². The molecule has 0 spiro atoms. The highest BCUT2D eigenvalue weighted by Crippen LogP contribution is 2.17. The van der Waals surface area contributed by atoms with Crippen LogP contribution in [-0.2, 0) is 17.8 Å². The van der Waals surface area contributed by atoms with E-state index in [2.05, 4.69) is 10.5 Å². The fraction of sp³-hybridized carbons (Fsp3) is 0.130. The van der Waals surface area contributed by atoms with E-state index in [0.29, 0.717) is 12.4 Å². The van der Waals surface area contributed by atoms with Crippen molar-refractivity contribution in [1.82, 2.24) is 5.43 Å². The molecule has 0 saturated heterocycles. The average molecular weight is 376 g/mol. The molecule has 0 aliphatic rings. The molecule has 1 amide bonds. The number of ether oxygens (including phenoxy) is 1. The largest absolute Gasteiger partial charge is 0.488 e. The number of nitrogens with zero attached hydrogens (tertiary/aromatic N) is 1. The maximum absolute atomic E-state index is 13.0. The second-order valence-electron chi connectivity index (χ2n) is 6.41. The van der Waals surface area contributed by atoms with Crippen LogP contribution in [0.3, 0.4) is 0 Å². The molecule has 3 aromatic rings. The third kappa shape index (κ3) is 5.77. The fourth-order valence-electron chi connectivity index (χ4n) is 2.57. The molecular weight excluding hydrogens is 355 g/mol. The number of hydrazone groups is 1. The molecule has 0 saturated carbocycles. The molecular formula is C23H21FN2O2. The third-order valence-corrected chi connectivity index (χ3v) is 4.10. The van der Waals surface area contributed by atoms with Gasteiger partial charge in [0.15, 0.2) is 0 Å². The van der Waals surface area contributed by atoms with Crippen LogP contribution in [-0.4, -0.2) is 12.1 Å². The minimum atomic E-state index is -0.280. The fourth-order valence-corrected chi connectivity index (χ4v) is 2.57. The Morgan fingerprint density at radius 1 is 1.00 bits per heavy atom. The summed E-state index contributed by atoms with van der Waals surface area (Å²) in [6.07, 6.45) is 1.81. The van der Waals surface area contributed by atoms with Gasteiger partial charge in [0.05, 0.1) is 12.6 Å². The highest BCUT2D eigenvalue weighted by Gasteiger charge is 2.04. The quantitative estimate of drug-likeness (QED) is 0.491. The first kappa shape index (κ1) is 19.3. The number of halogens is 1. The van der Waals surface area contributed by atoms with Gasteiger partial charge in [-0.05, 0) is 42.3 Å². The van der Waals surface area contributed by atoms with Crippen LogP contribution in [0.2, 0.25) is 0 Å². The van der Waals surface area contributed by atoms with Gasteiger partial charge in [-0.3, -0.25) is 4.79 Å². The minimum absolute atomic E-state index is 0.190. The van der Waals surface area contributed by atoms with Crippen molar-refractivity contribution in [2.75, 3.05) is 0 Å².